The van der Waals surface area contributed by atoms with Gasteiger partial charge in [0, 0.05) is 6.08 Å². The van der Waals surface area contributed by atoms with Crippen LogP contribution in [0.1, 0.15) is 16.1 Å². The molecule has 0 fully saturated rings. The van der Waals surface area contributed by atoms with E-state index in [9.17, 15) is 14.0 Å². The average molecular weight is 304 g/mol. The van der Waals surface area contributed by atoms with Crippen molar-refractivity contribution in [1.82, 2.24) is 10.9 Å². The van der Waals surface area contributed by atoms with Crippen molar-refractivity contribution in [2.45, 2.75) is 0 Å². The number of nitrogens with one attached hydrogen (secondary N) is 2. The summed E-state index contributed by atoms with van der Waals surface area (Å²) in [4.78, 5) is 23.0. The summed E-state index contributed by atoms with van der Waals surface area (Å²) in [5.41, 5.74) is 4.83. The lowest BCUT2D eigenvalue weighted by Gasteiger charge is -2.03. The minimum Gasteiger partial charge on any atom is -0.494 e. The summed E-state index contributed by atoms with van der Waals surface area (Å²) >= 11 is 0. The average Bonchev–Trinajstić information content (AvgIpc) is 3.05. The number of carbonyl (C=O) groups excluding carboxylic acids is 2. The molecule has 0 bridgehead atoms. The largest absolute Gasteiger partial charge is 0.494 e. The first-order valence-corrected chi connectivity index (χ1v) is 6.25. The van der Waals surface area contributed by atoms with E-state index in [0.717, 1.165) is 6.08 Å². The van der Waals surface area contributed by atoms with E-state index in [1.54, 1.807) is 12.1 Å². The summed E-state index contributed by atoms with van der Waals surface area (Å²) in [5, 5.41) is 0. The number of furan rings is 1. The Morgan fingerprint density at radius 3 is 2.73 bits per heavy atom. The van der Waals surface area contributed by atoms with Gasteiger partial charge in [0.2, 0.25) is 0 Å². The molecule has 0 saturated carbocycles. The molecule has 2 aromatic rings. The number of amides is 2. The molecule has 0 aliphatic carbocycles. The maximum absolute atomic E-state index is 13.5. The summed E-state index contributed by atoms with van der Waals surface area (Å²) < 4.78 is 23.1. The molecule has 114 valence electrons. The molecular weight excluding hydrogens is 291 g/mol. The smallest absolute Gasteiger partial charge is 0.305 e. The summed E-state index contributed by atoms with van der Waals surface area (Å²) in [6, 6.07) is 7.27. The van der Waals surface area contributed by atoms with Crippen LogP contribution in [0.4, 0.5) is 4.39 Å². The molecular formula is C15H13FN2O4. The van der Waals surface area contributed by atoms with Crippen LogP contribution in [0.5, 0.6) is 5.75 Å². The van der Waals surface area contributed by atoms with Gasteiger partial charge in [0.05, 0.1) is 13.4 Å². The minimum absolute atomic E-state index is 0.0708. The zero-order valence-electron chi connectivity index (χ0n) is 11.6. The monoisotopic (exact) mass is 304 g/mol. The number of benzene rings is 1. The molecule has 2 rings (SSSR count). The van der Waals surface area contributed by atoms with Crippen LogP contribution in [0.25, 0.3) is 6.08 Å². The van der Waals surface area contributed by atoms with Crippen molar-refractivity contribution in [1.29, 1.82) is 0 Å². The van der Waals surface area contributed by atoms with Gasteiger partial charge in [-0.25, -0.2) is 4.39 Å². The number of halogens is 1. The summed E-state index contributed by atoms with van der Waals surface area (Å²) in [6.45, 7) is 0. The van der Waals surface area contributed by atoms with Crippen molar-refractivity contribution < 1.29 is 23.1 Å². The van der Waals surface area contributed by atoms with E-state index in [1.807, 2.05) is 0 Å². The molecule has 1 aromatic heterocycles. The van der Waals surface area contributed by atoms with Crippen molar-refractivity contribution in [2.24, 2.45) is 0 Å². The van der Waals surface area contributed by atoms with Crippen molar-refractivity contribution in [3.8, 4) is 5.75 Å². The van der Waals surface area contributed by atoms with Gasteiger partial charge >= 0.3 is 5.91 Å². The molecule has 1 heterocycles. The van der Waals surface area contributed by atoms with E-state index in [-0.39, 0.29) is 11.5 Å². The molecule has 0 saturated heterocycles. The van der Waals surface area contributed by atoms with E-state index >= 15 is 0 Å². The Bertz CT molecular complexity index is 696. The first kappa shape index (κ1) is 15.3. The number of hydrogen-bond acceptors (Lipinski definition) is 4. The van der Waals surface area contributed by atoms with Crippen molar-refractivity contribution in [3.05, 3.63) is 59.8 Å². The van der Waals surface area contributed by atoms with E-state index in [1.165, 1.54) is 37.6 Å². The van der Waals surface area contributed by atoms with Crippen LogP contribution in [-0.2, 0) is 4.79 Å². The molecule has 0 radical (unpaired) electrons. The van der Waals surface area contributed by atoms with Crippen LogP contribution in [-0.4, -0.2) is 18.9 Å². The molecule has 2 amide bonds. The summed E-state index contributed by atoms with van der Waals surface area (Å²) in [5.74, 6) is -1.50. The third-order valence-electron chi connectivity index (χ3n) is 2.65. The van der Waals surface area contributed by atoms with Crippen LogP contribution in [0.3, 0.4) is 0 Å². The molecule has 0 atom stereocenters. The highest BCUT2D eigenvalue weighted by Gasteiger charge is 2.08. The molecule has 0 aliphatic heterocycles. The maximum atomic E-state index is 13.5. The second-order valence-corrected chi connectivity index (χ2v) is 4.15. The molecule has 6 nitrogen and oxygen atoms in total. The van der Waals surface area contributed by atoms with Crippen LogP contribution >= 0.6 is 0 Å². The van der Waals surface area contributed by atoms with Crippen LogP contribution in [0, 0.1) is 5.82 Å². The highest BCUT2D eigenvalue weighted by Crippen LogP contribution is 2.18. The second-order valence-electron chi connectivity index (χ2n) is 4.15. The van der Waals surface area contributed by atoms with Crippen molar-refractivity contribution in [2.75, 3.05) is 7.11 Å². The summed E-state index contributed by atoms with van der Waals surface area (Å²) in [7, 11) is 1.36. The highest BCUT2D eigenvalue weighted by atomic mass is 19.1. The maximum Gasteiger partial charge on any atom is 0.305 e. The first-order valence-electron chi connectivity index (χ1n) is 6.25. The standard InChI is InChI=1S/C15H13FN2O4/c1-21-12-6-4-10(9-11(12)16)5-7-14(19)17-18-15(20)13-3-2-8-22-13/h2-9H,1H3,(H,17,19)(H,18,20)/b7-5+. The molecule has 2 N–H and O–H groups in total. The van der Waals surface area contributed by atoms with Crippen molar-refractivity contribution >= 4 is 17.9 Å². The summed E-state index contributed by atoms with van der Waals surface area (Å²) in [6.07, 6.45) is 3.90. The molecule has 22 heavy (non-hydrogen) atoms. The molecule has 7 heteroatoms. The number of rotatable bonds is 4. The topological polar surface area (TPSA) is 80.6 Å². The predicted octanol–water partition coefficient (Wildman–Crippen LogP) is 1.90. The Morgan fingerprint density at radius 2 is 2.09 bits per heavy atom. The SMILES string of the molecule is COc1ccc(/C=C/C(=O)NNC(=O)c2ccco2)cc1F. The van der Waals surface area contributed by atoms with Crippen LogP contribution < -0.4 is 15.6 Å². The van der Waals surface area contributed by atoms with Gasteiger partial charge in [-0.3, -0.25) is 20.4 Å². The van der Waals surface area contributed by atoms with Gasteiger partial charge in [-0.05, 0) is 35.9 Å². The normalized spacial score (nSPS) is 10.5. The first-order chi connectivity index (χ1) is 10.6. The lowest BCUT2D eigenvalue weighted by Crippen LogP contribution is -2.40. The highest BCUT2D eigenvalue weighted by molar-refractivity contribution is 5.96. The third-order valence-corrected chi connectivity index (χ3v) is 2.65. The zero-order chi connectivity index (χ0) is 15.9. The fraction of sp³-hybridized carbons (Fsp3) is 0.0667. The Hall–Kier alpha value is -3.09. The number of hydrogen-bond donors (Lipinski definition) is 2. The Morgan fingerprint density at radius 1 is 1.27 bits per heavy atom. The van der Waals surface area contributed by atoms with E-state index < -0.39 is 17.6 Å². The Labute approximate surface area is 125 Å². The van der Waals surface area contributed by atoms with Gasteiger partial charge in [-0.15, -0.1) is 0 Å². The number of methoxy groups -OCH3 is 1. The van der Waals surface area contributed by atoms with Gasteiger partial charge in [0.1, 0.15) is 0 Å². The van der Waals surface area contributed by atoms with Gasteiger partial charge in [0.15, 0.2) is 17.3 Å². The quantitative estimate of drug-likeness (QED) is 0.668. The lowest BCUT2D eigenvalue weighted by atomic mass is 10.2. The second kappa shape index (κ2) is 7.07. The van der Waals surface area contributed by atoms with Gasteiger partial charge in [-0.2, -0.15) is 0 Å². The van der Waals surface area contributed by atoms with E-state index in [0.29, 0.717) is 5.56 Å². The van der Waals surface area contributed by atoms with Gasteiger partial charge < -0.3 is 9.15 Å². The van der Waals surface area contributed by atoms with Gasteiger partial charge in [-0.1, -0.05) is 6.07 Å². The number of ether oxygens (including phenoxy) is 1. The molecule has 0 aliphatic rings. The Balaban J connectivity index is 1.89. The van der Waals surface area contributed by atoms with E-state index in [4.69, 9.17) is 9.15 Å². The van der Waals surface area contributed by atoms with Gasteiger partial charge in [0.25, 0.3) is 5.91 Å². The molecule has 1 aromatic carbocycles. The predicted molar refractivity (Wildman–Crippen MR) is 76.3 cm³/mol. The minimum atomic E-state index is -0.581. The van der Waals surface area contributed by atoms with Crippen LogP contribution in [0.2, 0.25) is 0 Å². The van der Waals surface area contributed by atoms with E-state index in [2.05, 4.69) is 10.9 Å². The zero-order valence-corrected chi connectivity index (χ0v) is 11.6. The lowest BCUT2D eigenvalue weighted by molar-refractivity contribution is -0.117. The molecule has 0 spiro atoms. The number of hydrazine groups is 1. The van der Waals surface area contributed by atoms with Crippen molar-refractivity contribution in [3.63, 3.8) is 0 Å². The third kappa shape index (κ3) is 3.95. The van der Waals surface area contributed by atoms with Crippen LogP contribution in [0.15, 0.2) is 47.1 Å². The Kier molecular flexibility index (Phi) is 4.92. The number of carbonyl (C=O) groups is 2. The fourth-order valence-electron chi connectivity index (χ4n) is 1.59. The molecule has 0 unspecified atom stereocenters. The fourth-order valence-corrected chi connectivity index (χ4v) is 1.59.